The van der Waals surface area contributed by atoms with Gasteiger partial charge in [0.1, 0.15) is 5.82 Å². The first-order valence-corrected chi connectivity index (χ1v) is 5.98. The fraction of sp³-hybridized carbons (Fsp3) is 0.154. The van der Waals surface area contributed by atoms with Crippen molar-refractivity contribution >= 4 is 23.4 Å². The van der Waals surface area contributed by atoms with Gasteiger partial charge in [0, 0.05) is 25.1 Å². The molecule has 98 valence electrons. The quantitative estimate of drug-likeness (QED) is 0.899. The molecule has 2 rings (SSSR count). The number of carboxylic acid groups (broad SMARTS) is 1. The highest BCUT2D eigenvalue weighted by molar-refractivity contribution is 6.35. The van der Waals surface area contributed by atoms with Gasteiger partial charge in [0.05, 0.1) is 10.6 Å². The van der Waals surface area contributed by atoms with Crippen molar-refractivity contribution in [3.8, 4) is 0 Å². The fourth-order valence-electron chi connectivity index (χ4n) is 1.59. The Morgan fingerprint density at radius 2 is 2.21 bits per heavy atom. The largest absolute Gasteiger partial charge is 0.478 e. The van der Waals surface area contributed by atoms with E-state index in [2.05, 4.69) is 15.3 Å². The lowest BCUT2D eigenvalue weighted by Crippen LogP contribution is -2.06. The Morgan fingerprint density at radius 1 is 1.42 bits per heavy atom. The highest BCUT2D eigenvalue weighted by Crippen LogP contribution is 2.24. The van der Waals surface area contributed by atoms with Crippen molar-refractivity contribution in [2.75, 3.05) is 5.32 Å². The van der Waals surface area contributed by atoms with Gasteiger partial charge in [0.2, 0.25) is 0 Å². The molecule has 0 unspecified atom stereocenters. The molecule has 0 aromatic carbocycles. The topological polar surface area (TPSA) is 75.1 Å². The summed E-state index contributed by atoms with van der Waals surface area (Å²) in [7, 11) is 0. The highest BCUT2D eigenvalue weighted by atomic mass is 35.5. The van der Waals surface area contributed by atoms with E-state index in [0.717, 1.165) is 11.1 Å². The smallest absolute Gasteiger partial charge is 0.337 e. The lowest BCUT2D eigenvalue weighted by atomic mass is 10.1. The summed E-state index contributed by atoms with van der Waals surface area (Å²) in [6.07, 6.45) is 4.88. The number of pyridine rings is 2. The molecular formula is C13H12ClN3O2. The van der Waals surface area contributed by atoms with E-state index < -0.39 is 5.97 Å². The molecule has 2 aromatic heterocycles. The number of aromatic carboxylic acids is 1. The molecule has 0 aliphatic rings. The molecule has 0 saturated heterocycles. The lowest BCUT2D eigenvalue weighted by Gasteiger charge is -2.10. The first kappa shape index (κ1) is 13.3. The van der Waals surface area contributed by atoms with Gasteiger partial charge in [-0.05, 0) is 30.2 Å². The average molecular weight is 278 g/mol. The van der Waals surface area contributed by atoms with Gasteiger partial charge in [-0.25, -0.2) is 9.78 Å². The predicted octanol–water partition coefficient (Wildman–Crippen LogP) is 2.75. The number of rotatable bonds is 4. The number of aromatic nitrogens is 2. The summed E-state index contributed by atoms with van der Waals surface area (Å²) in [6, 6.07) is 3.27. The van der Waals surface area contributed by atoms with Crippen LogP contribution in [0.3, 0.4) is 0 Å². The molecule has 0 bridgehead atoms. The molecule has 0 fully saturated rings. The molecule has 0 radical (unpaired) electrons. The molecule has 0 atom stereocenters. The van der Waals surface area contributed by atoms with Gasteiger partial charge < -0.3 is 10.4 Å². The molecule has 5 nitrogen and oxygen atoms in total. The zero-order valence-electron chi connectivity index (χ0n) is 10.2. The zero-order valence-corrected chi connectivity index (χ0v) is 11.0. The SMILES string of the molecule is Cc1ccncc1CNc1nccc(C(=O)O)c1Cl. The summed E-state index contributed by atoms with van der Waals surface area (Å²) >= 11 is 5.99. The Morgan fingerprint density at radius 3 is 2.89 bits per heavy atom. The Labute approximate surface area is 115 Å². The Kier molecular flexibility index (Phi) is 3.97. The van der Waals surface area contributed by atoms with E-state index in [0.29, 0.717) is 12.4 Å². The van der Waals surface area contributed by atoms with Crippen molar-refractivity contribution in [1.29, 1.82) is 0 Å². The van der Waals surface area contributed by atoms with Crippen LogP contribution >= 0.6 is 11.6 Å². The fourth-order valence-corrected chi connectivity index (χ4v) is 1.85. The van der Waals surface area contributed by atoms with E-state index in [-0.39, 0.29) is 10.6 Å². The van der Waals surface area contributed by atoms with E-state index in [1.165, 1.54) is 12.3 Å². The first-order chi connectivity index (χ1) is 9.09. The summed E-state index contributed by atoms with van der Waals surface area (Å²) in [6.45, 7) is 2.46. The third-order valence-electron chi connectivity index (χ3n) is 2.71. The minimum atomic E-state index is -1.08. The zero-order chi connectivity index (χ0) is 13.8. The maximum Gasteiger partial charge on any atom is 0.337 e. The van der Waals surface area contributed by atoms with Crippen molar-refractivity contribution in [2.24, 2.45) is 0 Å². The van der Waals surface area contributed by atoms with Crippen LogP contribution in [0, 0.1) is 6.92 Å². The van der Waals surface area contributed by atoms with Crippen molar-refractivity contribution in [1.82, 2.24) is 9.97 Å². The number of halogens is 1. The lowest BCUT2D eigenvalue weighted by molar-refractivity contribution is 0.0697. The molecule has 0 amide bonds. The number of carbonyl (C=O) groups is 1. The molecule has 2 aromatic rings. The summed E-state index contributed by atoms with van der Waals surface area (Å²) in [4.78, 5) is 19.0. The normalized spacial score (nSPS) is 10.2. The number of aryl methyl sites for hydroxylation is 1. The molecular weight excluding hydrogens is 266 g/mol. The first-order valence-electron chi connectivity index (χ1n) is 5.60. The van der Waals surface area contributed by atoms with E-state index in [1.54, 1.807) is 12.4 Å². The molecule has 19 heavy (non-hydrogen) atoms. The number of hydrogen-bond donors (Lipinski definition) is 2. The maximum atomic E-state index is 11.0. The third kappa shape index (κ3) is 3.00. The number of anilines is 1. The second kappa shape index (κ2) is 5.67. The summed E-state index contributed by atoms with van der Waals surface area (Å²) in [5.41, 5.74) is 2.12. The van der Waals surface area contributed by atoms with Crippen LogP contribution in [0.4, 0.5) is 5.82 Å². The van der Waals surface area contributed by atoms with Crippen LogP contribution in [0.5, 0.6) is 0 Å². The van der Waals surface area contributed by atoms with Crippen molar-refractivity contribution in [2.45, 2.75) is 13.5 Å². The molecule has 0 spiro atoms. The highest BCUT2D eigenvalue weighted by Gasteiger charge is 2.13. The van der Waals surface area contributed by atoms with Crippen molar-refractivity contribution in [3.63, 3.8) is 0 Å². The van der Waals surface area contributed by atoms with Gasteiger partial charge in [-0.15, -0.1) is 0 Å². The Hall–Kier alpha value is -2.14. The summed E-state index contributed by atoms with van der Waals surface area (Å²) < 4.78 is 0. The van der Waals surface area contributed by atoms with Crippen molar-refractivity contribution in [3.05, 3.63) is 52.4 Å². The van der Waals surface area contributed by atoms with Crippen LogP contribution in [-0.2, 0) is 6.54 Å². The second-order valence-corrected chi connectivity index (χ2v) is 4.36. The van der Waals surface area contributed by atoms with Gasteiger partial charge in [0.25, 0.3) is 0 Å². The van der Waals surface area contributed by atoms with Crippen LogP contribution in [-0.4, -0.2) is 21.0 Å². The van der Waals surface area contributed by atoms with Gasteiger partial charge in [-0.2, -0.15) is 0 Å². The Balaban J connectivity index is 2.19. The number of hydrogen-bond acceptors (Lipinski definition) is 4. The van der Waals surface area contributed by atoms with Crippen LogP contribution in [0.2, 0.25) is 5.02 Å². The van der Waals surface area contributed by atoms with Gasteiger partial charge >= 0.3 is 5.97 Å². The molecule has 0 aliphatic carbocycles. The molecule has 0 saturated carbocycles. The van der Waals surface area contributed by atoms with E-state index in [1.807, 2.05) is 13.0 Å². The molecule has 2 N–H and O–H groups in total. The molecule has 2 heterocycles. The van der Waals surface area contributed by atoms with E-state index in [4.69, 9.17) is 16.7 Å². The van der Waals surface area contributed by atoms with Crippen molar-refractivity contribution < 1.29 is 9.90 Å². The Bertz CT molecular complexity index is 617. The molecule has 0 aliphatic heterocycles. The van der Waals surface area contributed by atoms with Gasteiger partial charge in [0.15, 0.2) is 0 Å². The predicted molar refractivity (Wildman–Crippen MR) is 72.5 cm³/mol. The number of nitrogens with one attached hydrogen (secondary N) is 1. The van der Waals surface area contributed by atoms with Crippen LogP contribution in [0.25, 0.3) is 0 Å². The van der Waals surface area contributed by atoms with Gasteiger partial charge in [-0.1, -0.05) is 11.6 Å². The van der Waals surface area contributed by atoms with Crippen LogP contribution < -0.4 is 5.32 Å². The van der Waals surface area contributed by atoms with Crippen LogP contribution in [0.15, 0.2) is 30.7 Å². The minimum absolute atomic E-state index is 0.0297. The minimum Gasteiger partial charge on any atom is -0.478 e. The monoisotopic (exact) mass is 277 g/mol. The van der Waals surface area contributed by atoms with Gasteiger partial charge in [-0.3, -0.25) is 4.98 Å². The summed E-state index contributed by atoms with van der Waals surface area (Å²) in [5, 5.41) is 12.1. The third-order valence-corrected chi connectivity index (χ3v) is 3.10. The van der Waals surface area contributed by atoms with Crippen LogP contribution in [0.1, 0.15) is 21.5 Å². The maximum absolute atomic E-state index is 11.0. The average Bonchev–Trinajstić information content (AvgIpc) is 2.39. The standard InChI is InChI=1S/C13H12ClN3O2/c1-8-2-4-15-6-9(8)7-17-12-11(14)10(13(18)19)3-5-16-12/h2-6H,7H2,1H3,(H,16,17)(H,18,19). The van der Waals surface area contributed by atoms with E-state index >= 15 is 0 Å². The van der Waals surface area contributed by atoms with E-state index in [9.17, 15) is 4.79 Å². The second-order valence-electron chi connectivity index (χ2n) is 3.98. The number of carboxylic acids is 1. The number of nitrogens with zero attached hydrogens (tertiary/aromatic N) is 2. The molecule has 6 heteroatoms. The summed E-state index contributed by atoms with van der Waals surface area (Å²) in [5.74, 6) is -0.724.